The zero-order valence-electron chi connectivity index (χ0n) is 10.9. The second-order valence-electron chi connectivity index (χ2n) is 4.97. The number of benzene rings is 2. The summed E-state index contributed by atoms with van der Waals surface area (Å²) in [5.74, 6) is 1.05. The van der Waals surface area contributed by atoms with E-state index in [0.717, 1.165) is 16.3 Å². The van der Waals surface area contributed by atoms with Crippen LogP contribution >= 0.6 is 11.8 Å². The average molecular weight is 283 g/mol. The normalized spacial score (nSPS) is 22.6. The highest BCUT2D eigenvalue weighted by atomic mass is 32.2. The minimum atomic E-state index is -0.101. The molecule has 2 atom stereocenters. The molecule has 0 saturated carbocycles. The lowest BCUT2D eigenvalue weighted by molar-refractivity contribution is -0.116. The minimum Gasteiger partial charge on any atom is -0.496 e. The Morgan fingerprint density at radius 3 is 2.75 bits per heavy atom. The Morgan fingerprint density at radius 1 is 1.10 bits per heavy atom. The molecule has 1 amide bonds. The molecule has 0 spiro atoms. The Labute approximate surface area is 121 Å². The van der Waals surface area contributed by atoms with E-state index in [-0.39, 0.29) is 17.1 Å². The number of thioether (sulfide) groups is 1. The molecule has 3 nitrogen and oxygen atoms in total. The van der Waals surface area contributed by atoms with Gasteiger partial charge in [0.05, 0.1) is 17.3 Å². The first kappa shape index (κ1) is 11.9. The smallest absolute Gasteiger partial charge is 0.238 e. The highest BCUT2D eigenvalue weighted by Crippen LogP contribution is 2.55. The van der Waals surface area contributed by atoms with Crippen LogP contribution in [-0.2, 0) is 4.79 Å². The summed E-state index contributed by atoms with van der Waals surface area (Å²) >= 11 is 1.61. The molecule has 0 saturated heterocycles. The highest BCUT2D eigenvalue weighted by Gasteiger charge is 2.44. The van der Waals surface area contributed by atoms with Crippen LogP contribution < -0.4 is 10.1 Å². The summed E-state index contributed by atoms with van der Waals surface area (Å²) in [5, 5.41) is 2.90. The fraction of sp³-hybridized carbons (Fsp3) is 0.188. The van der Waals surface area contributed by atoms with Crippen LogP contribution in [0.15, 0.2) is 47.4 Å². The molecule has 2 unspecified atom stereocenters. The van der Waals surface area contributed by atoms with Crippen LogP contribution in [0, 0.1) is 0 Å². The van der Waals surface area contributed by atoms with Crippen molar-refractivity contribution in [3.05, 3.63) is 53.6 Å². The van der Waals surface area contributed by atoms with Gasteiger partial charge in [0, 0.05) is 11.6 Å². The molecule has 2 heterocycles. The largest absolute Gasteiger partial charge is 0.496 e. The number of hydrogen-bond donors (Lipinski definition) is 1. The van der Waals surface area contributed by atoms with Crippen molar-refractivity contribution >= 4 is 23.4 Å². The quantitative estimate of drug-likeness (QED) is 0.873. The van der Waals surface area contributed by atoms with Crippen molar-refractivity contribution in [2.75, 3.05) is 12.4 Å². The van der Waals surface area contributed by atoms with Crippen LogP contribution in [0.2, 0.25) is 0 Å². The summed E-state index contributed by atoms with van der Waals surface area (Å²) in [4.78, 5) is 13.4. The van der Waals surface area contributed by atoms with Crippen LogP contribution in [0.25, 0.3) is 0 Å². The molecule has 4 rings (SSSR count). The second kappa shape index (κ2) is 4.28. The van der Waals surface area contributed by atoms with Crippen molar-refractivity contribution in [1.82, 2.24) is 0 Å². The number of rotatable bonds is 1. The number of ether oxygens (including phenoxy) is 1. The third kappa shape index (κ3) is 1.51. The maximum Gasteiger partial charge on any atom is 0.238 e. The Morgan fingerprint density at radius 2 is 1.90 bits per heavy atom. The van der Waals surface area contributed by atoms with Gasteiger partial charge >= 0.3 is 0 Å². The van der Waals surface area contributed by atoms with Crippen LogP contribution in [0.3, 0.4) is 0 Å². The lowest BCUT2D eigenvalue weighted by Crippen LogP contribution is -2.33. The van der Waals surface area contributed by atoms with E-state index >= 15 is 0 Å². The molecule has 0 bridgehead atoms. The standard InChI is InChI=1S/C16H13NO2S/c1-19-12-8-4-6-10-13-9-5-2-3-7-11(9)17-16(18)15(13)20-14(10)12/h2-8,13,15H,1H3,(H,17,18). The fourth-order valence-electron chi connectivity index (χ4n) is 3.04. The van der Waals surface area contributed by atoms with Crippen molar-refractivity contribution in [2.24, 2.45) is 0 Å². The fourth-order valence-corrected chi connectivity index (χ4v) is 4.49. The molecule has 1 N–H and O–H groups in total. The maximum absolute atomic E-state index is 12.3. The van der Waals surface area contributed by atoms with E-state index in [2.05, 4.69) is 17.4 Å². The van der Waals surface area contributed by atoms with E-state index in [4.69, 9.17) is 4.74 Å². The van der Waals surface area contributed by atoms with Gasteiger partial charge in [-0.05, 0) is 23.3 Å². The van der Waals surface area contributed by atoms with Crippen LogP contribution in [0.4, 0.5) is 5.69 Å². The molecule has 4 heteroatoms. The van der Waals surface area contributed by atoms with E-state index < -0.39 is 0 Å². The monoisotopic (exact) mass is 283 g/mol. The van der Waals surface area contributed by atoms with Gasteiger partial charge in [-0.2, -0.15) is 0 Å². The topological polar surface area (TPSA) is 38.3 Å². The van der Waals surface area contributed by atoms with E-state index in [1.807, 2.05) is 30.3 Å². The molecule has 2 aliphatic rings. The Balaban J connectivity index is 1.94. The molecule has 20 heavy (non-hydrogen) atoms. The van der Waals surface area contributed by atoms with Crippen LogP contribution in [0.5, 0.6) is 5.75 Å². The molecule has 100 valence electrons. The first-order valence-corrected chi connectivity index (χ1v) is 7.41. The summed E-state index contributed by atoms with van der Waals surface area (Å²) in [5.41, 5.74) is 3.31. The number of para-hydroxylation sites is 1. The van der Waals surface area contributed by atoms with Gasteiger partial charge in [-0.25, -0.2) is 0 Å². The van der Waals surface area contributed by atoms with Gasteiger partial charge in [-0.1, -0.05) is 30.3 Å². The Kier molecular flexibility index (Phi) is 2.54. The number of amides is 1. The van der Waals surface area contributed by atoms with E-state index in [1.165, 1.54) is 11.1 Å². The van der Waals surface area contributed by atoms with Gasteiger partial charge < -0.3 is 10.1 Å². The van der Waals surface area contributed by atoms with E-state index in [0.29, 0.717) is 0 Å². The number of nitrogens with one attached hydrogen (secondary N) is 1. The van der Waals surface area contributed by atoms with Gasteiger partial charge in [0.2, 0.25) is 5.91 Å². The van der Waals surface area contributed by atoms with Gasteiger partial charge in [0.1, 0.15) is 5.75 Å². The van der Waals surface area contributed by atoms with E-state index in [9.17, 15) is 4.79 Å². The number of hydrogen-bond acceptors (Lipinski definition) is 3. The van der Waals surface area contributed by atoms with Crippen LogP contribution in [-0.4, -0.2) is 18.3 Å². The van der Waals surface area contributed by atoms with Gasteiger partial charge in [0.15, 0.2) is 0 Å². The zero-order valence-corrected chi connectivity index (χ0v) is 11.7. The Hall–Kier alpha value is -1.94. The SMILES string of the molecule is COc1cccc2c1SC1C(=O)Nc3ccccc3C21. The van der Waals surface area contributed by atoms with Gasteiger partial charge in [0.25, 0.3) is 0 Å². The lowest BCUT2D eigenvalue weighted by Gasteiger charge is -2.27. The maximum atomic E-state index is 12.3. The number of carbonyl (C=O) groups is 1. The predicted octanol–water partition coefficient (Wildman–Crippen LogP) is 3.25. The molecular formula is C16H13NO2S. The molecule has 0 aromatic heterocycles. The van der Waals surface area contributed by atoms with Crippen molar-refractivity contribution < 1.29 is 9.53 Å². The molecule has 0 radical (unpaired) electrons. The lowest BCUT2D eigenvalue weighted by atomic mass is 9.85. The third-order valence-corrected chi connectivity index (χ3v) is 5.34. The first-order valence-electron chi connectivity index (χ1n) is 6.53. The summed E-state index contributed by atoms with van der Waals surface area (Å²) in [6.07, 6.45) is 0. The first-order chi connectivity index (χ1) is 9.79. The number of methoxy groups -OCH3 is 1. The summed E-state index contributed by atoms with van der Waals surface area (Å²) in [7, 11) is 1.67. The molecular weight excluding hydrogens is 270 g/mol. The minimum absolute atomic E-state index is 0.0805. The van der Waals surface area contributed by atoms with Crippen molar-refractivity contribution in [2.45, 2.75) is 16.1 Å². The molecule has 2 aromatic rings. The number of fused-ring (bicyclic) bond motifs is 5. The summed E-state index contributed by atoms with van der Waals surface area (Å²) < 4.78 is 5.43. The molecule has 2 aromatic carbocycles. The van der Waals surface area contributed by atoms with Crippen molar-refractivity contribution in [3.63, 3.8) is 0 Å². The predicted molar refractivity (Wildman–Crippen MR) is 79.6 cm³/mol. The zero-order chi connectivity index (χ0) is 13.7. The average Bonchev–Trinajstić information content (AvgIpc) is 2.88. The Bertz CT molecular complexity index is 713. The summed E-state index contributed by atoms with van der Waals surface area (Å²) in [6, 6.07) is 14.1. The van der Waals surface area contributed by atoms with Gasteiger partial charge in [-0.3, -0.25) is 4.79 Å². The van der Waals surface area contributed by atoms with Crippen molar-refractivity contribution in [3.8, 4) is 5.75 Å². The van der Waals surface area contributed by atoms with E-state index in [1.54, 1.807) is 18.9 Å². The molecule has 0 aliphatic carbocycles. The number of anilines is 1. The van der Waals surface area contributed by atoms with Crippen LogP contribution in [0.1, 0.15) is 17.0 Å². The highest BCUT2D eigenvalue weighted by molar-refractivity contribution is 8.01. The van der Waals surface area contributed by atoms with Crippen molar-refractivity contribution in [1.29, 1.82) is 0 Å². The molecule has 0 fully saturated rings. The third-order valence-electron chi connectivity index (χ3n) is 3.92. The number of carbonyl (C=O) groups excluding carboxylic acids is 1. The second-order valence-corrected chi connectivity index (χ2v) is 6.12. The molecule has 2 aliphatic heterocycles. The van der Waals surface area contributed by atoms with Gasteiger partial charge in [-0.15, -0.1) is 11.8 Å². The summed E-state index contributed by atoms with van der Waals surface area (Å²) in [6.45, 7) is 0.